The van der Waals surface area contributed by atoms with Crippen molar-refractivity contribution in [3.05, 3.63) is 53.6 Å². The van der Waals surface area contributed by atoms with Crippen LogP contribution in [0.5, 0.6) is 11.5 Å². The maximum Gasteiger partial charge on any atom is 0.321 e. The molecule has 0 bridgehead atoms. The molecular formula is C21H22N4O3. The number of benzene rings is 2. The van der Waals surface area contributed by atoms with Crippen molar-refractivity contribution in [2.45, 2.75) is 13.0 Å². The van der Waals surface area contributed by atoms with Gasteiger partial charge in [0.05, 0.1) is 11.6 Å². The molecule has 2 aromatic carbocycles. The van der Waals surface area contributed by atoms with E-state index < -0.39 is 0 Å². The SMILES string of the molecule is N#Cc1ccc(CN2CCCN(C(=O)Nc3ccc4c(c3)OCO4)CC2)cc1. The van der Waals surface area contributed by atoms with Crippen molar-refractivity contribution < 1.29 is 14.3 Å². The molecule has 2 heterocycles. The smallest absolute Gasteiger partial charge is 0.321 e. The van der Waals surface area contributed by atoms with Crippen LogP contribution in [0.2, 0.25) is 0 Å². The molecule has 2 aliphatic heterocycles. The Labute approximate surface area is 164 Å². The number of carbonyl (C=O) groups excluding carboxylic acids is 1. The van der Waals surface area contributed by atoms with E-state index in [2.05, 4.69) is 16.3 Å². The van der Waals surface area contributed by atoms with Gasteiger partial charge in [-0.25, -0.2) is 4.79 Å². The molecule has 0 saturated carbocycles. The predicted molar refractivity (Wildman–Crippen MR) is 104 cm³/mol. The molecule has 144 valence electrons. The van der Waals surface area contributed by atoms with Crippen molar-refractivity contribution in [3.8, 4) is 17.6 Å². The fourth-order valence-corrected chi connectivity index (χ4v) is 3.45. The highest BCUT2D eigenvalue weighted by molar-refractivity contribution is 5.89. The molecule has 2 aliphatic rings. The average Bonchev–Trinajstić information content (AvgIpc) is 3.06. The number of nitrogens with one attached hydrogen (secondary N) is 1. The van der Waals surface area contributed by atoms with Gasteiger partial charge in [0.15, 0.2) is 11.5 Å². The van der Waals surface area contributed by atoms with E-state index in [0.29, 0.717) is 29.3 Å². The lowest BCUT2D eigenvalue weighted by molar-refractivity contribution is 0.174. The first-order valence-electron chi connectivity index (χ1n) is 9.38. The lowest BCUT2D eigenvalue weighted by Crippen LogP contribution is -2.38. The maximum absolute atomic E-state index is 12.6. The Bertz CT molecular complexity index is 892. The maximum atomic E-state index is 12.6. The average molecular weight is 378 g/mol. The molecule has 2 amide bonds. The quantitative estimate of drug-likeness (QED) is 0.888. The Balaban J connectivity index is 1.31. The van der Waals surface area contributed by atoms with Gasteiger partial charge in [-0.05, 0) is 36.2 Å². The van der Waals surface area contributed by atoms with Crippen molar-refractivity contribution in [1.29, 1.82) is 5.26 Å². The van der Waals surface area contributed by atoms with Gasteiger partial charge in [-0.15, -0.1) is 0 Å². The zero-order valence-electron chi connectivity index (χ0n) is 15.6. The van der Waals surface area contributed by atoms with E-state index in [1.54, 1.807) is 12.1 Å². The molecule has 0 radical (unpaired) electrons. The number of nitrogens with zero attached hydrogens (tertiary/aromatic N) is 3. The summed E-state index contributed by atoms with van der Waals surface area (Å²) < 4.78 is 10.7. The van der Waals surface area contributed by atoms with Crippen LogP contribution in [-0.2, 0) is 6.54 Å². The molecule has 0 atom stereocenters. The number of hydrogen-bond acceptors (Lipinski definition) is 5. The molecule has 0 aliphatic carbocycles. The summed E-state index contributed by atoms with van der Waals surface area (Å²) in [5.41, 5.74) is 2.55. The normalized spacial score (nSPS) is 16.3. The van der Waals surface area contributed by atoms with Gasteiger partial charge >= 0.3 is 6.03 Å². The molecule has 28 heavy (non-hydrogen) atoms. The second-order valence-corrected chi connectivity index (χ2v) is 6.92. The Kier molecular flexibility index (Phi) is 5.31. The standard InChI is InChI=1S/C21H22N4O3/c22-13-16-2-4-17(5-3-16)14-24-8-1-9-25(11-10-24)21(26)23-18-6-7-19-20(12-18)28-15-27-19/h2-7,12H,1,8-11,14-15H2,(H,23,26). The lowest BCUT2D eigenvalue weighted by atomic mass is 10.1. The van der Waals surface area contributed by atoms with Gasteiger partial charge < -0.3 is 19.7 Å². The van der Waals surface area contributed by atoms with Crippen molar-refractivity contribution in [2.24, 2.45) is 0 Å². The van der Waals surface area contributed by atoms with Crippen molar-refractivity contribution in [3.63, 3.8) is 0 Å². The van der Waals surface area contributed by atoms with E-state index in [9.17, 15) is 4.79 Å². The van der Waals surface area contributed by atoms with Gasteiger partial charge in [0.2, 0.25) is 6.79 Å². The fourth-order valence-electron chi connectivity index (χ4n) is 3.45. The van der Waals surface area contributed by atoms with Crippen LogP contribution in [0.3, 0.4) is 0 Å². The first-order chi connectivity index (χ1) is 13.7. The summed E-state index contributed by atoms with van der Waals surface area (Å²) in [7, 11) is 0. The molecule has 1 N–H and O–H groups in total. The van der Waals surface area contributed by atoms with Gasteiger partial charge in [0.25, 0.3) is 0 Å². The van der Waals surface area contributed by atoms with Crippen LogP contribution in [0.1, 0.15) is 17.5 Å². The number of ether oxygens (including phenoxy) is 2. The van der Waals surface area contributed by atoms with Gasteiger partial charge in [-0.2, -0.15) is 5.26 Å². The Morgan fingerprint density at radius 1 is 1.04 bits per heavy atom. The monoisotopic (exact) mass is 378 g/mol. The predicted octanol–water partition coefficient (Wildman–Crippen LogP) is 3.03. The molecule has 1 fully saturated rings. The Morgan fingerprint density at radius 2 is 1.86 bits per heavy atom. The van der Waals surface area contributed by atoms with Crippen molar-refractivity contribution in [1.82, 2.24) is 9.80 Å². The van der Waals surface area contributed by atoms with Crippen LogP contribution in [-0.4, -0.2) is 48.8 Å². The molecular weight excluding hydrogens is 356 g/mol. The first kappa shape index (κ1) is 18.1. The third-order valence-electron chi connectivity index (χ3n) is 4.99. The highest BCUT2D eigenvalue weighted by atomic mass is 16.7. The van der Waals surface area contributed by atoms with Crippen molar-refractivity contribution >= 4 is 11.7 Å². The summed E-state index contributed by atoms with van der Waals surface area (Å²) in [6.45, 7) is 4.19. The van der Waals surface area contributed by atoms with E-state index in [0.717, 1.165) is 32.6 Å². The largest absolute Gasteiger partial charge is 0.454 e. The number of nitriles is 1. The molecule has 0 unspecified atom stereocenters. The van der Waals surface area contributed by atoms with Gasteiger partial charge in [0.1, 0.15) is 0 Å². The minimum atomic E-state index is -0.0981. The number of urea groups is 1. The summed E-state index contributed by atoms with van der Waals surface area (Å²) in [4.78, 5) is 16.8. The number of anilines is 1. The van der Waals surface area contributed by atoms with Crippen molar-refractivity contribution in [2.75, 3.05) is 38.3 Å². The van der Waals surface area contributed by atoms with Crippen LogP contribution < -0.4 is 14.8 Å². The number of rotatable bonds is 3. The molecule has 4 rings (SSSR count). The molecule has 7 heteroatoms. The summed E-state index contributed by atoms with van der Waals surface area (Å²) in [6, 6.07) is 15.1. The summed E-state index contributed by atoms with van der Waals surface area (Å²) in [5, 5.41) is 11.9. The van der Waals surface area contributed by atoms with Crippen LogP contribution in [0.25, 0.3) is 0 Å². The molecule has 7 nitrogen and oxygen atoms in total. The second kappa shape index (κ2) is 8.19. The highest BCUT2D eigenvalue weighted by Gasteiger charge is 2.20. The van der Waals surface area contributed by atoms with Gasteiger partial charge in [-0.1, -0.05) is 12.1 Å². The molecule has 0 spiro atoms. The minimum absolute atomic E-state index is 0.0981. The highest BCUT2D eigenvalue weighted by Crippen LogP contribution is 2.34. The lowest BCUT2D eigenvalue weighted by Gasteiger charge is -2.22. The van der Waals surface area contributed by atoms with E-state index in [4.69, 9.17) is 14.7 Å². The molecule has 2 aromatic rings. The third-order valence-corrected chi connectivity index (χ3v) is 4.99. The van der Waals surface area contributed by atoms with Crippen LogP contribution in [0, 0.1) is 11.3 Å². The van der Waals surface area contributed by atoms with Crippen LogP contribution >= 0.6 is 0 Å². The number of carbonyl (C=O) groups is 1. The van der Waals surface area contributed by atoms with Crippen LogP contribution in [0.15, 0.2) is 42.5 Å². The van der Waals surface area contributed by atoms with E-state index >= 15 is 0 Å². The topological polar surface area (TPSA) is 77.8 Å². The summed E-state index contributed by atoms with van der Waals surface area (Å²) >= 11 is 0. The number of fused-ring (bicyclic) bond motifs is 1. The molecule has 0 aromatic heterocycles. The van der Waals surface area contributed by atoms with E-state index in [1.165, 1.54) is 5.56 Å². The fraction of sp³-hybridized carbons (Fsp3) is 0.333. The van der Waals surface area contributed by atoms with Crippen LogP contribution in [0.4, 0.5) is 10.5 Å². The van der Waals surface area contributed by atoms with Gasteiger partial charge in [0, 0.05) is 44.5 Å². The Morgan fingerprint density at radius 3 is 2.68 bits per heavy atom. The second-order valence-electron chi connectivity index (χ2n) is 6.92. The van der Waals surface area contributed by atoms with E-state index in [-0.39, 0.29) is 12.8 Å². The number of hydrogen-bond donors (Lipinski definition) is 1. The van der Waals surface area contributed by atoms with Gasteiger partial charge in [-0.3, -0.25) is 4.90 Å². The Hall–Kier alpha value is -3.24. The molecule has 1 saturated heterocycles. The minimum Gasteiger partial charge on any atom is -0.454 e. The third kappa shape index (κ3) is 4.18. The summed E-state index contributed by atoms with van der Waals surface area (Å²) in [6.07, 6.45) is 0.921. The zero-order chi connectivity index (χ0) is 19.3. The zero-order valence-corrected chi connectivity index (χ0v) is 15.6. The first-order valence-corrected chi connectivity index (χ1v) is 9.38. The van der Waals surface area contributed by atoms with E-state index in [1.807, 2.05) is 35.2 Å². The summed E-state index contributed by atoms with van der Waals surface area (Å²) in [5.74, 6) is 1.36. The number of amides is 2.